The molecular formula is C15H11ClN4O. The third kappa shape index (κ3) is 2.78. The third-order valence-electron chi connectivity index (χ3n) is 3.00. The molecule has 2 aromatic carbocycles. The Balaban J connectivity index is 1.95. The maximum absolute atomic E-state index is 11.2. The van der Waals surface area contributed by atoms with Crippen molar-refractivity contribution in [2.45, 2.75) is 0 Å². The topological polar surface area (TPSA) is 70.1 Å². The van der Waals surface area contributed by atoms with Gasteiger partial charge in [-0.25, -0.2) is 0 Å². The van der Waals surface area contributed by atoms with Crippen molar-refractivity contribution in [2.24, 2.45) is 5.18 Å². The molecule has 0 atom stereocenters. The van der Waals surface area contributed by atoms with Gasteiger partial charge in [0.05, 0.1) is 5.69 Å². The molecule has 104 valence electrons. The molecular weight excluding hydrogens is 288 g/mol. The fourth-order valence-corrected chi connectivity index (χ4v) is 2.11. The SMILES string of the molecule is O=Nc1c(Nc2ccc(Cl)cc2)n[nH]c1-c1ccccc1. The summed E-state index contributed by atoms with van der Waals surface area (Å²) in [4.78, 5) is 11.2. The highest BCUT2D eigenvalue weighted by Crippen LogP contribution is 2.35. The number of benzene rings is 2. The molecule has 0 amide bonds. The van der Waals surface area contributed by atoms with E-state index in [2.05, 4.69) is 20.7 Å². The Kier molecular flexibility index (Phi) is 3.66. The summed E-state index contributed by atoms with van der Waals surface area (Å²) in [6.07, 6.45) is 0. The van der Waals surface area contributed by atoms with Crippen LogP contribution in [0.3, 0.4) is 0 Å². The van der Waals surface area contributed by atoms with Gasteiger partial charge in [-0.05, 0) is 29.4 Å². The maximum atomic E-state index is 11.2. The Labute approximate surface area is 125 Å². The number of aromatic amines is 1. The molecule has 0 aliphatic carbocycles. The number of halogens is 1. The van der Waals surface area contributed by atoms with Gasteiger partial charge in [0, 0.05) is 16.3 Å². The summed E-state index contributed by atoms with van der Waals surface area (Å²) in [5.74, 6) is 0.381. The lowest BCUT2D eigenvalue weighted by Crippen LogP contribution is -1.90. The van der Waals surface area contributed by atoms with Crippen LogP contribution in [-0.2, 0) is 0 Å². The number of nitrogens with zero attached hydrogens (tertiary/aromatic N) is 2. The molecule has 0 aliphatic rings. The Morgan fingerprint density at radius 1 is 1.05 bits per heavy atom. The molecule has 0 fully saturated rings. The number of H-pyrrole nitrogens is 1. The molecule has 0 aliphatic heterocycles. The highest BCUT2D eigenvalue weighted by molar-refractivity contribution is 6.30. The lowest BCUT2D eigenvalue weighted by molar-refractivity contribution is 1.10. The van der Waals surface area contributed by atoms with Crippen molar-refractivity contribution in [3.05, 3.63) is 64.5 Å². The number of anilines is 2. The third-order valence-corrected chi connectivity index (χ3v) is 3.25. The van der Waals surface area contributed by atoms with E-state index >= 15 is 0 Å². The maximum Gasteiger partial charge on any atom is 0.182 e. The van der Waals surface area contributed by atoms with Gasteiger partial charge in [-0.3, -0.25) is 5.10 Å². The summed E-state index contributed by atoms with van der Waals surface area (Å²) >= 11 is 5.84. The first-order chi connectivity index (χ1) is 10.3. The lowest BCUT2D eigenvalue weighted by atomic mass is 10.1. The minimum atomic E-state index is 0.246. The zero-order chi connectivity index (χ0) is 14.7. The van der Waals surface area contributed by atoms with Crippen LogP contribution in [0.25, 0.3) is 11.3 Å². The van der Waals surface area contributed by atoms with Crippen LogP contribution >= 0.6 is 11.6 Å². The van der Waals surface area contributed by atoms with E-state index in [1.807, 2.05) is 30.3 Å². The predicted molar refractivity (Wildman–Crippen MR) is 84.2 cm³/mol. The van der Waals surface area contributed by atoms with E-state index in [0.29, 0.717) is 16.5 Å². The van der Waals surface area contributed by atoms with Crippen molar-refractivity contribution in [2.75, 3.05) is 5.32 Å². The van der Waals surface area contributed by atoms with E-state index in [0.717, 1.165) is 11.3 Å². The number of nitrogens with one attached hydrogen (secondary N) is 2. The van der Waals surface area contributed by atoms with Gasteiger partial charge < -0.3 is 5.32 Å². The van der Waals surface area contributed by atoms with E-state index in [1.54, 1.807) is 24.3 Å². The highest BCUT2D eigenvalue weighted by Gasteiger charge is 2.15. The molecule has 3 aromatic rings. The van der Waals surface area contributed by atoms with Gasteiger partial charge in [0.2, 0.25) is 0 Å². The molecule has 0 radical (unpaired) electrons. The average Bonchev–Trinajstić information content (AvgIpc) is 2.93. The average molecular weight is 299 g/mol. The predicted octanol–water partition coefficient (Wildman–Crippen LogP) is 4.87. The van der Waals surface area contributed by atoms with Crippen LogP contribution in [0, 0.1) is 4.91 Å². The van der Waals surface area contributed by atoms with Crippen molar-refractivity contribution in [1.82, 2.24) is 10.2 Å². The van der Waals surface area contributed by atoms with Crippen molar-refractivity contribution >= 4 is 28.8 Å². The molecule has 1 heterocycles. The largest absolute Gasteiger partial charge is 0.337 e. The van der Waals surface area contributed by atoms with E-state index in [1.165, 1.54) is 0 Å². The quantitative estimate of drug-likeness (QED) is 0.675. The summed E-state index contributed by atoms with van der Waals surface area (Å²) in [5, 5.41) is 13.7. The van der Waals surface area contributed by atoms with Crippen molar-refractivity contribution in [3.63, 3.8) is 0 Å². The first-order valence-corrected chi connectivity index (χ1v) is 6.65. The summed E-state index contributed by atoms with van der Waals surface area (Å²) < 4.78 is 0. The van der Waals surface area contributed by atoms with Crippen LogP contribution < -0.4 is 5.32 Å². The summed E-state index contributed by atoms with van der Waals surface area (Å²) in [5.41, 5.74) is 2.46. The number of nitroso groups, excluding NO2 is 1. The normalized spacial score (nSPS) is 10.3. The van der Waals surface area contributed by atoms with Crippen LogP contribution in [0.15, 0.2) is 59.8 Å². The number of hydrogen-bond acceptors (Lipinski definition) is 4. The molecule has 0 unspecified atom stereocenters. The van der Waals surface area contributed by atoms with Gasteiger partial charge in [-0.15, -0.1) is 4.91 Å². The second-order valence-corrected chi connectivity index (χ2v) is 4.82. The van der Waals surface area contributed by atoms with Crippen LogP contribution in [-0.4, -0.2) is 10.2 Å². The summed E-state index contributed by atoms with van der Waals surface area (Å²) in [6, 6.07) is 16.5. The molecule has 6 heteroatoms. The first kappa shape index (κ1) is 13.3. The van der Waals surface area contributed by atoms with E-state index in [-0.39, 0.29) is 5.69 Å². The number of rotatable bonds is 4. The van der Waals surface area contributed by atoms with E-state index in [4.69, 9.17) is 11.6 Å². The van der Waals surface area contributed by atoms with Crippen molar-refractivity contribution in [1.29, 1.82) is 0 Å². The summed E-state index contributed by atoms with van der Waals surface area (Å²) in [6.45, 7) is 0. The van der Waals surface area contributed by atoms with Crippen molar-refractivity contribution in [3.8, 4) is 11.3 Å². The van der Waals surface area contributed by atoms with E-state index in [9.17, 15) is 4.91 Å². The van der Waals surface area contributed by atoms with Crippen LogP contribution in [0.4, 0.5) is 17.2 Å². The Bertz CT molecular complexity index is 753. The van der Waals surface area contributed by atoms with Crippen LogP contribution in [0.1, 0.15) is 0 Å². The zero-order valence-electron chi connectivity index (χ0n) is 10.9. The van der Waals surface area contributed by atoms with Crippen molar-refractivity contribution < 1.29 is 0 Å². The smallest absolute Gasteiger partial charge is 0.182 e. The minimum Gasteiger partial charge on any atom is -0.337 e. The zero-order valence-corrected chi connectivity index (χ0v) is 11.6. The van der Waals surface area contributed by atoms with Gasteiger partial charge in [-0.2, -0.15) is 5.10 Å². The first-order valence-electron chi connectivity index (χ1n) is 6.27. The van der Waals surface area contributed by atoms with Gasteiger partial charge in [0.1, 0.15) is 0 Å². The lowest BCUT2D eigenvalue weighted by Gasteiger charge is -2.03. The standard InChI is InChI=1S/C15H11ClN4O/c16-11-6-8-12(9-7-11)17-15-14(20-21)13(18-19-15)10-4-2-1-3-5-10/h1-9H,(H2,17,18,19). The monoisotopic (exact) mass is 298 g/mol. The fraction of sp³-hybridized carbons (Fsp3) is 0. The molecule has 0 saturated carbocycles. The second kappa shape index (κ2) is 5.76. The van der Waals surface area contributed by atoms with Crippen LogP contribution in [0.5, 0.6) is 0 Å². The van der Waals surface area contributed by atoms with E-state index < -0.39 is 0 Å². The Morgan fingerprint density at radius 2 is 1.76 bits per heavy atom. The van der Waals surface area contributed by atoms with Gasteiger partial charge in [0.25, 0.3) is 0 Å². The molecule has 0 spiro atoms. The van der Waals surface area contributed by atoms with Crippen LogP contribution in [0.2, 0.25) is 5.02 Å². The highest BCUT2D eigenvalue weighted by atomic mass is 35.5. The minimum absolute atomic E-state index is 0.246. The van der Waals surface area contributed by atoms with Gasteiger partial charge in [-0.1, -0.05) is 41.9 Å². The molecule has 0 bridgehead atoms. The molecule has 5 nitrogen and oxygen atoms in total. The second-order valence-electron chi connectivity index (χ2n) is 4.39. The molecule has 3 rings (SSSR count). The van der Waals surface area contributed by atoms with Gasteiger partial charge in [0.15, 0.2) is 11.5 Å². The Morgan fingerprint density at radius 3 is 2.43 bits per heavy atom. The fourth-order valence-electron chi connectivity index (χ4n) is 1.99. The molecule has 1 aromatic heterocycles. The van der Waals surface area contributed by atoms with Gasteiger partial charge >= 0.3 is 0 Å². The number of hydrogen-bond donors (Lipinski definition) is 2. The molecule has 21 heavy (non-hydrogen) atoms. The number of aromatic nitrogens is 2. The Hall–Kier alpha value is -2.66. The molecule has 2 N–H and O–H groups in total. The summed E-state index contributed by atoms with van der Waals surface area (Å²) in [7, 11) is 0. The molecule has 0 saturated heterocycles.